The van der Waals surface area contributed by atoms with Gasteiger partial charge in [0, 0.05) is 11.6 Å². The summed E-state index contributed by atoms with van der Waals surface area (Å²) >= 11 is 5.96. The van der Waals surface area contributed by atoms with Crippen molar-refractivity contribution >= 4 is 11.6 Å². The Morgan fingerprint density at radius 3 is 2.54 bits per heavy atom. The summed E-state index contributed by atoms with van der Waals surface area (Å²) in [6.07, 6.45) is 0.993. The first-order chi connectivity index (χ1) is 11.4. The molecule has 2 aromatic carbocycles. The van der Waals surface area contributed by atoms with Crippen molar-refractivity contribution in [2.45, 2.75) is 25.5 Å². The summed E-state index contributed by atoms with van der Waals surface area (Å²) in [6.45, 7) is 2.55. The molecule has 0 fully saturated rings. The van der Waals surface area contributed by atoms with E-state index in [2.05, 4.69) is 0 Å². The van der Waals surface area contributed by atoms with Crippen molar-refractivity contribution in [1.82, 2.24) is 0 Å². The average Bonchev–Trinajstić information content (AvgIpc) is 2.54. The van der Waals surface area contributed by atoms with Gasteiger partial charge in [0.15, 0.2) is 0 Å². The van der Waals surface area contributed by atoms with Crippen molar-refractivity contribution in [3.63, 3.8) is 0 Å². The van der Waals surface area contributed by atoms with Crippen molar-refractivity contribution in [1.29, 1.82) is 0 Å². The number of aliphatic hydroxyl groups is 2. The van der Waals surface area contributed by atoms with E-state index in [1.54, 1.807) is 24.3 Å². The molecule has 2 aromatic rings. The molecule has 0 spiro atoms. The normalized spacial score (nSPS) is 14.9. The third-order valence-electron chi connectivity index (χ3n) is 3.84. The SMILES string of the molecule is CC(COc1ccc(CCO)cc1)CC(N)(O)c1cccc(Cl)c1. The van der Waals surface area contributed by atoms with Gasteiger partial charge in [-0.1, -0.05) is 42.8 Å². The lowest BCUT2D eigenvalue weighted by Gasteiger charge is -2.27. The zero-order valence-corrected chi connectivity index (χ0v) is 14.5. The zero-order chi connectivity index (χ0) is 17.6. The van der Waals surface area contributed by atoms with Gasteiger partial charge in [-0.3, -0.25) is 5.73 Å². The number of hydrogen-bond acceptors (Lipinski definition) is 4. The van der Waals surface area contributed by atoms with E-state index in [1.807, 2.05) is 31.2 Å². The van der Waals surface area contributed by atoms with Crippen LogP contribution in [0.3, 0.4) is 0 Å². The number of aliphatic hydroxyl groups excluding tert-OH is 1. The Labute approximate surface area is 147 Å². The summed E-state index contributed by atoms with van der Waals surface area (Å²) in [7, 11) is 0. The molecule has 0 amide bonds. The minimum absolute atomic E-state index is 0.0519. The molecule has 0 heterocycles. The van der Waals surface area contributed by atoms with Crippen molar-refractivity contribution in [3.8, 4) is 5.75 Å². The third-order valence-corrected chi connectivity index (χ3v) is 4.08. The average molecular weight is 350 g/mol. The smallest absolute Gasteiger partial charge is 0.140 e. The topological polar surface area (TPSA) is 75.7 Å². The van der Waals surface area contributed by atoms with Gasteiger partial charge in [-0.05, 0) is 54.2 Å². The van der Waals surface area contributed by atoms with Crippen LogP contribution in [0, 0.1) is 5.92 Å². The number of halogens is 1. The van der Waals surface area contributed by atoms with Gasteiger partial charge < -0.3 is 14.9 Å². The molecule has 0 saturated heterocycles. The summed E-state index contributed by atoms with van der Waals surface area (Å²) in [5.74, 6) is 0.808. The predicted octanol–water partition coefficient (Wildman–Crippen LogP) is 3.08. The van der Waals surface area contributed by atoms with E-state index in [0.29, 0.717) is 30.0 Å². The number of benzene rings is 2. The van der Waals surface area contributed by atoms with Crippen LogP contribution >= 0.6 is 11.6 Å². The van der Waals surface area contributed by atoms with E-state index in [9.17, 15) is 5.11 Å². The lowest BCUT2D eigenvalue weighted by Crippen LogP contribution is -2.39. The monoisotopic (exact) mass is 349 g/mol. The highest BCUT2D eigenvalue weighted by atomic mass is 35.5. The molecule has 4 N–H and O–H groups in total. The molecule has 0 aliphatic carbocycles. The molecule has 5 heteroatoms. The Morgan fingerprint density at radius 2 is 1.92 bits per heavy atom. The molecular weight excluding hydrogens is 326 g/mol. The first-order valence-corrected chi connectivity index (χ1v) is 8.38. The summed E-state index contributed by atoms with van der Waals surface area (Å²) < 4.78 is 5.75. The fourth-order valence-electron chi connectivity index (χ4n) is 2.59. The maximum absolute atomic E-state index is 10.5. The molecule has 2 atom stereocenters. The Balaban J connectivity index is 1.89. The molecule has 4 nitrogen and oxygen atoms in total. The second-order valence-electron chi connectivity index (χ2n) is 6.17. The molecule has 130 valence electrons. The highest BCUT2D eigenvalue weighted by molar-refractivity contribution is 6.30. The highest BCUT2D eigenvalue weighted by Crippen LogP contribution is 2.26. The minimum atomic E-state index is -1.45. The van der Waals surface area contributed by atoms with Crippen LogP contribution in [0.1, 0.15) is 24.5 Å². The maximum Gasteiger partial charge on any atom is 0.140 e. The van der Waals surface area contributed by atoms with Crippen LogP contribution in [0.15, 0.2) is 48.5 Å². The van der Waals surface area contributed by atoms with Gasteiger partial charge >= 0.3 is 0 Å². The van der Waals surface area contributed by atoms with E-state index in [4.69, 9.17) is 27.2 Å². The van der Waals surface area contributed by atoms with Gasteiger partial charge in [0.2, 0.25) is 0 Å². The predicted molar refractivity (Wildman–Crippen MR) is 96.0 cm³/mol. The van der Waals surface area contributed by atoms with Crippen LogP contribution in [-0.2, 0) is 12.1 Å². The minimum Gasteiger partial charge on any atom is -0.493 e. The maximum atomic E-state index is 10.5. The van der Waals surface area contributed by atoms with Gasteiger partial charge in [-0.2, -0.15) is 0 Å². The van der Waals surface area contributed by atoms with E-state index < -0.39 is 5.72 Å². The Kier molecular flexibility index (Phi) is 6.63. The van der Waals surface area contributed by atoms with E-state index >= 15 is 0 Å². The molecule has 0 bridgehead atoms. The van der Waals surface area contributed by atoms with Gasteiger partial charge in [-0.15, -0.1) is 0 Å². The van der Waals surface area contributed by atoms with Crippen LogP contribution < -0.4 is 10.5 Å². The lowest BCUT2D eigenvalue weighted by atomic mass is 9.93. The number of ether oxygens (including phenoxy) is 1. The second-order valence-corrected chi connectivity index (χ2v) is 6.61. The standard InChI is InChI=1S/C19H24ClNO3/c1-14(12-19(21,23)16-3-2-4-17(20)11-16)13-24-18-7-5-15(6-8-18)9-10-22/h2-8,11,14,22-23H,9-10,12-13,21H2,1H3. The van der Waals surface area contributed by atoms with Crippen LogP contribution in [0.5, 0.6) is 5.75 Å². The van der Waals surface area contributed by atoms with Crippen molar-refractivity contribution in [3.05, 3.63) is 64.7 Å². The molecule has 0 aromatic heterocycles. The first-order valence-electron chi connectivity index (χ1n) is 8.00. The molecular formula is C19H24ClNO3. The summed E-state index contributed by atoms with van der Waals surface area (Å²) in [6, 6.07) is 14.6. The Bertz CT molecular complexity index is 643. The van der Waals surface area contributed by atoms with Crippen LogP contribution in [-0.4, -0.2) is 23.4 Å². The summed E-state index contributed by atoms with van der Waals surface area (Å²) in [5, 5.41) is 20.0. The molecule has 2 rings (SSSR count). The largest absolute Gasteiger partial charge is 0.493 e. The fourth-order valence-corrected chi connectivity index (χ4v) is 2.78. The Morgan fingerprint density at radius 1 is 1.21 bits per heavy atom. The zero-order valence-electron chi connectivity index (χ0n) is 13.8. The van der Waals surface area contributed by atoms with E-state index in [1.165, 1.54) is 0 Å². The quantitative estimate of drug-likeness (QED) is 0.640. The van der Waals surface area contributed by atoms with Gasteiger partial charge in [0.05, 0.1) is 6.61 Å². The number of nitrogens with two attached hydrogens (primary N) is 1. The third kappa shape index (κ3) is 5.49. The molecule has 24 heavy (non-hydrogen) atoms. The van der Waals surface area contributed by atoms with Crippen LogP contribution in [0.25, 0.3) is 0 Å². The van der Waals surface area contributed by atoms with Crippen LogP contribution in [0.4, 0.5) is 0 Å². The number of hydrogen-bond donors (Lipinski definition) is 3. The number of rotatable bonds is 8. The highest BCUT2D eigenvalue weighted by Gasteiger charge is 2.26. The Hall–Kier alpha value is -1.59. The van der Waals surface area contributed by atoms with Crippen molar-refractivity contribution in [2.24, 2.45) is 11.7 Å². The van der Waals surface area contributed by atoms with Crippen LogP contribution in [0.2, 0.25) is 5.02 Å². The second kappa shape index (κ2) is 8.49. The van der Waals surface area contributed by atoms with Gasteiger partial charge in [0.25, 0.3) is 0 Å². The molecule has 0 saturated carbocycles. The first kappa shape index (κ1) is 18.7. The lowest BCUT2D eigenvalue weighted by molar-refractivity contribution is 0.0127. The van der Waals surface area contributed by atoms with Crippen molar-refractivity contribution in [2.75, 3.05) is 13.2 Å². The van der Waals surface area contributed by atoms with Gasteiger partial charge in [-0.25, -0.2) is 0 Å². The molecule has 0 aliphatic heterocycles. The fraction of sp³-hybridized carbons (Fsp3) is 0.368. The van der Waals surface area contributed by atoms with Gasteiger partial charge in [0.1, 0.15) is 11.5 Å². The summed E-state index contributed by atoms with van der Waals surface area (Å²) in [4.78, 5) is 0. The molecule has 0 radical (unpaired) electrons. The van der Waals surface area contributed by atoms with E-state index in [-0.39, 0.29) is 12.5 Å². The van der Waals surface area contributed by atoms with E-state index in [0.717, 1.165) is 11.3 Å². The molecule has 0 aliphatic rings. The summed E-state index contributed by atoms with van der Waals surface area (Å²) in [5.41, 5.74) is 6.26. The molecule has 2 unspecified atom stereocenters. The van der Waals surface area contributed by atoms with Crippen molar-refractivity contribution < 1.29 is 14.9 Å².